The summed E-state index contributed by atoms with van der Waals surface area (Å²) in [6.45, 7) is 6.27. The quantitative estimate of drug-likeness (QED) is 0.678. The fourth-order valence-electron chi connectivity index (χ4n) is 3.04. The second-order valence-electron chi connectivity index (χ2n) is 6.61. The molecule has 1 unspecified atom stereocenters. The van der Waals surface area contributed by atoms with E-state index in [0.717, 1.165) is 17.0 Å². The molecule has 0 saturated heterocycles. The van der Waals surface area contributed by atoms with E-state index in [1.54, 1.807) is 31.2 Å². The Bertz CT molecular complexity index is 976. The Hall–Kier alpha value is -3.29. The number of nitrogens with one attached hydrogen (secondary N) is 1. The number of hydrogen-bond donors (Lipinski definition) is 1. The van der Waals surface area contributed by atoms with Crippen LogP contribution in [0.5, 0.6) is 11.5 Å². The molecule has 0 aliphatic rings. The van der Waals surface area contributed by atoms with Crippen molar-refractivity contribution >= 4 is 5.91 Å². The molecule has 8 nitrogen and oxygen atoms in total. The van der Waals surface area contributed by atoms with Crippen LogP contribution < -0.4 is 14.8 Å². The first-order valence-corrected chi connectivity index (χ1v) is 8.98. The molecule has 148 valence electrons. The third-order valence-corrected chi connectivity index (χ3v) is 4.51. The largest absolute Gasteiger partial charge is 0.497 e. The second-order valence-corrected chi connectivity index (χ2v) is 6.61. The molecule has 0 radical (unpaired) electrons. The number of hydrogen-bond acceptors (Lipinski definition) is 5. The van der Waals surface area contributed by atoms with Crippen LogP contribution in [0.15, 0.2) is 36.5 Å². The highest BCUT2D eigenvalue weighted by atomic mass is 16.5. The average Bonchev–Trinajstić information content (AvgIpc) is 3.27. The Morgan fingerprint density at radius 1 is 1.14 bits per heavy atom. The maximum absolute atomic E-state index is 12.6. The Balaban J connectivity index is 1.71. The summed E-state index contributed by atoms with van der Waals surface area (Å²) < 4.78 is 14.2. The lowest BCUT2D eigenvalue weighted by Gasteiger charge is -2.17. The normalized spacial score (nSPS) is 11.9. The van der Waals surface area contributed by atoms with Crippen LogP contribution in [0.2, 0.25) is 0 Å². The SMILES string of the molecule is COc1ccc(OC)c(C(C)NC(=O)c2ccn(Cn3nc(C)cc3C)n2)c1. The van der Waals surface area contributed by atoms with E-state index in [1.807, 2.05) is 49.7 Å². The lowest BCUT2D eigenvalue weighted by Crippen LogP contribution is -2.27. The van der Waals surface area contributed by atoms with Crippen LogP contribution >= 0.6 is 0 Å². The van der Waals surface area contributed by atoms with Crippen molar-refractivity contribution in [2.45, 2.75) is 33.5 Å². The fraction of sp³-hybridized carbons (Fsp3) is 0.350. The molecule has 0 spiro atoms. The van der Waals surface area contributed by atoms with Crippen LogP contribution in [0.4, 0.5) is 0 Å². The van der Waals surface area contributed by atoms with E-state index in [-0.39, 0.29) is 11.9 Å². The molecule has 1 N–H and O–H groups in total. The fourth-order valence-corrected chi connectivity index (χ4v) is 3.04. The molecule has 2 heterocycles. The first-order chi connectivity index (χ1) is 13.4. The molecule has 0 bridgehead atoms. The zero-order valence-corrected chi connectivity index (χ0v) is 16.8. The Labute approximate surface area is 164 Å². The van der Waals surface area contributed by atoms with Crippen molar-refractivity contribution in [3.05, 3.63) is 59.2 Å². The Kier molecular flexibility index (Phi) is 5.67. The van der Waals surface area contributed by atoms with Crippen molar-refractivity contribution in [1.29, 1.82) is 0 Å². The summed E-state index contributed by atoms with van der Waals surface area (Å²) in [6.07, 6.45) is 1.77. The maximum atomic E-state index is 12.6. The molecule has 0 aliphatic carbocycles. The summed E-state index contributed by atoms with van der Waals surface area (Å²) in [7, 11) is 3.20. The van der Waals surface area contributed by atoms with E-state index in [0.29, 0.717) is 23.9 Å². The van der Waals surface area contributed by atoms with Crippen LogP contribution in [0.1, 0.15) is 40.4 Å². The first kappa shape index (κ1) is 19.5. The number of benzene rings is 1. The minimum Gasteiger partial charge on any atom is -0.497 e. The van der Waals surface area contributed by atoms with Crippen LogP contribution in [0, 0.1) is 13.8 Å². The van der Waals surface area contributed by atoms with E-state index in [1.165, 1.54) is 0 Å². The lowest BCUT2D eigenvalue weighted by atomic mass is 10.1. The van der Waals surface area contributed by atoms with E-state index >= 15 is 0 Å². The standard InChI is InChI=1S/C20H25N5O3/c1-13-10-14(2)25(22-13)12-24-9-8-18(23-24)20(26)21-15(3)17-11-16(27-4)6-7-19(17)28-5/h6-11,15H,12H2,1-5H3,(H,21,26). The van der Waals surface area contributed by atoms with E-state index < -0.39 is 0 Å². The van der Waals surface area contributed by atoms with Crippen molar-refractivity contribution in [3.63, 3.8) is 0 Å². The van der Waals surface area contributed by atoms with Gasteiger partial charge in [0.25, 0.3) is 5.91 Å². The number of aryl methyl sites for hydroxylation is 2. The second kappa shape index (κ2) is 8.16. The van der Waals surface area contributed by atoms with Gasteiger partial charge < -0.3 is 14.8 Å². The van der Waals surface area contributed by atoms with Crippen molar-refractivity contribution < 1.29 is 14.3 Å². The Morgan fingerprint density at radius 2 is 1.93 bits per heavy atom. The van der Waals surface area contributed by atoms with E-state index in [2.05, 4.69) is 15.5 Å². The summed E-state index contributed by atoms with van der Waals surface area (Å²) in [5.41, 5.74) is 3.16. The summed E-state index contributed by atoms with van der Waals surface area (Å²) in [4.78, 5) is 12.6. The molecule has 0 aliphatic heterocycles. The zero-order valence-electron chi connectivity index (χ0n) is 16.8. The maximum Gasteiger partial charge on any atom is 0.272 e. The van der Waals surface area contributed by atoms with Gasteiger partial charge in [-0.25, -0.2) is 4.68 Å². The number of carbonyl (C=O) groups is 1. The third-order valence-electron chi connectivity index (χ3n) is 4.51. The van der Waals surface area contributed by atoms with Gasteiger partial charge in [-0.15, -0.1) is 0 Å². The van der Waals surface area contributed by atoms with Crippen LogP contribution in [0.25, 0.3) is 0 Å². The highest BCUT2D eigenvalue weighted by Gasteiger charge is 2.18. The van der Waals surface area contributed by atoms with Gasteiger partial charge >= 0.3 is 0 Å². The molecule has 8 heteroatoms. The minimum absolute atomic E-state index is 0.260. The average molecular weight is 383 g/mol. The summed E-state index contributed by atoms with van der Waals surface area (Å²) >= 11 is 0. The highest BCUT2D eigenvalue weighted by Crippen LogP contribution is 2.29. The van der Waals surface area contributed by atoms with Crippen molar-refractivity contribution in [2.75, 3.05) is 14.2 Å². The molecule has 2 aromatic heterocycles. The lowest BCUT2D eigenvalue weighted by molar-refractivity contribution is 0.0933. The smallest absolute Gasteiger partial charge is 0.272 e. The van der Waals surface area contributed by atoms with E-state index in [9.17, 15) is 4.79 Å². The van der Waals surface area contributed by atoms with Gasteiger partial charge in [-0.2, -0.15) is 10.2 Å². The van der Waals surface area contributed by atoms with Crippen LogP contribution in [-0.4, -0.2) is 39.7 Å². The molecular formula is C20H25N5O3. The predicted molar refractivity (Wildman–Crippen MR) is 105 cm³/mol. The molecule has 28 heavy (non-hydrogen) atoms. The number of aromatic nitrogens is 4. The molecule has 3 rings (SSSR count). The monoisotopic (exact) mass is 383 g/mol. The molecular weight excluding hydrogens is 358 g/mol. The summed E-state index contributed by atoms with van der Waals surface area (Å²) in [5, 5.41) is 11.7. The van der Waals surface area contributed by atoms with Gasteiger partial charge in [-0.05, 0) is 51.1 Å². The van der Waals surface area contributed by atoms with Gasteiger partial charge in [0.1, 0.15) is 23.9 Å². The molecule has 0 fully saturated rings. The zero-order chi connectivity index (χ0) is 20.3. The predicted octanol–water partition coefficient (Wildman–Crippen LogP) is 2.71. The molecule has 1 atom stereocenters. The summed E-state index contributed by atoms with van der Waals surface area (Å²) in [6, 6.07) is 8.90. The van der Waals surface area contributed by atoms with Gasteiger partial charge in [0.15, 0.2) is 0 Å². The van der Waals surface area contributed by atoms with Crippen LogP contribution in [0.3, 0.4) is 0 Å². The van der Waals surface area contributed by atoms with Crippen molar-refractivity contribution in [3.8, 4) is 11.5 Å². The molecule has 0 saturated carbocycles. The van der Waals surface area contributed by atoms with Gasteiger partial charge in [0, 0.05) is 17.5 Å². The Morgan fingerprint density at radius 3 is 2.57 bits per heavy atom. The molecule has 1 aromatic carbocycles. The number of methoxy groups -OCH3 is 2. The van der Waals surface area contributed by atoms with Gasteiger partial charge in [0.05, 0.1) is 26.0 Å². The molecule has 1 amide bonds. The van der Waals surface area contributed by atoms with Gasteiger partial charge in [-0.1, -0.05) is 0 Å². The van der Waals surface area contributed by atoms with Crippen molar-refractivity contribution in [1.82, 2.24) is 24.9 Å². The van der Waals surface area contributed by atoms with Gasteiger partial charge in [-0.3, -0.25) is 9.48 Å². The topological polar surface area (TPSA) is 83.2 Å². The minimum atomic E-state index is -0.279. The van der Waals surface area contributed by atoms with E-state index in [4.69, 9.17) is 9.47 Å². The number of ether oxygens (including phenoxy) is 2. The number of nitrogens with zero attached hydrogens (tertiary/aromatic N) is 4. The van der Waals surface area contributed by atoms with Crippen LogP contribution in [-0.2, 0) is 6.67 Å². The molecule has 3 aromatic rings. The number of amides is 1. The highest BCUT2D eigenvalue weighted by molar-refractivity contribution is 5.92. The first-order valence-electron chi connectivity index (χ1n) is 8.98. The number of rotatable bonds is 7. The summed E-state index contributed by atoms with van der Waals surface area (Å²) in [5.74, 6) is 1.12. The number of carbonyl (C=O) groups excluding carboxylic acids is 1. The van der Waals surface area contributed by atoms with Crippen molar-refractivity contribution in [2.24, 2.45) is 0 Å². The third kappa shape index (κ3) is 4.16. The van der Waals surface area contributed by atoms with Gasteiger partial charge in [0.2, 0.25) is 0 Å².